The summed E-state index contributed by atoms with van der Waals surface area (Å²) in [6.07, 6.45) is -0.792. The number of ether oxygens (including phenoxy) is 2. The third kappa shape index (κ3) is 9.38. The Balaban J connectivity index is 3.15. The first-order valence-corrected chi connectivity index (χ1v) is 11.3. The van der Waals surface area contributed by atoms with E-state index in [1.165, 1.54) is 4.90 Å². The van der Waals surface area contributed by atoms with Gasteiger partial charge in [0.25, 0.3) is 0 Å². The van der Waals surface area contributed by atoms with Gasteiger partial charge in [0.15, 0.2) is 0 Å². The van der Waals surface area contributed by atoms with Crippen LogP contribution in [0.3, 0.4) is 0 Å². The fraction of sp³-hybridized carbons (Fsp3) is 0.583. The number of hydrogen-bond acceptors (Lipinski definition) is 7. The third-order valence-electron chi connectivity index (χ3n) is 4.88. The third-order valence-corrected chi connectivity index (χ3v) is 4.88. The van der Waals surface area contributed by atoms with Gasteiger partial charge >= 0.3 is 12.1 Å². The lowest BCUT2D eigenvalue weighted by Gasteiger charge is -2.32. The lowest BCUT2D eigenvalue weighted by atomic mass is 9.95. The molecule has 0 heterocycles. The molecule has 1 aromatic rings. The molecule has 0 radical (unpaired) electrons. The summed E-state index contributed by atoms with van der Waals surface area (Å²) in [5, 5.41) is 14.7. The number of amides is 3. The Morgan fingerprint density at radius 1 is 1.12 bits per heavy atom. The first-order chi connectivity index (χ1) is 15.9. The summed E-state index contributed by atoms with van der Waals surface area (Å²) in [5.74, 6) is -1.54. The van der Waals surface area contributed by atoms with E-state index < -0.39 is 48.7 Å². The second kappa shape index (κ2) is 13.5. The summed E-state index contributed by atoms with van der Waals surface area (Å²) in [5.41, 5.74) is 1.57. The Morgan fingerprint density at radius 3 is 2.38 bits per heavy atom. The van der Waals surface area contributed by atoms with Gasteiger partial charge in [0, 0.05) is 13.1 Å². The molecule has 0 aromatic heterocycles. The summed E-state index contributed by atoms with van der Waals surface area (Å²) >= 11 is 0. The maximum atomic E-state index is 13.2. The van der Waals surface area contributed by atoms with Crippen molar-refractivity contribution in [2.75, 3.05) is 32.8 Å². The van der Waals surface area contributed by atoms with Gasteiger partial charge in [-0.3, -0.25) is 14.4 Å². The molecule has 1 aromatic carbocycles. The molecule has 1 atom stereocenters. The first kappa shape index (κ1) is 28.9. The number of hydrogen-bond donors (Lipinski definition) is 3. The van der Waals surface area contributed by atoms with E-state index in [0.717, 1.165) is 11.1 Å². The largest absolute Gasteiger partial charge is 0.466 e. The van der Waals surface area contributed by atoms with Gasteiger partial charge in [-0.2, -0.15) is 0 Å². The molecule has 3 N–H and O–H groups in total. The lowest BCUT2D eigenvalue weighted by Crippen LogP contribution is -2.49. The molecule has 0 bridgehead atoms. The molecule has 0 spiro atoms. The van der Waals surface area contributed by atoms with E-state index in [1.54, 1.807) is 39.8 Å². The van der Waals surface area contributed by atoms with Crippen LogP contribution >= 0.6 is 0 Å². The number of rotatable bonds is 11. The van der Waals surface area contributed by atoms with Crippen LogP contribution in [0.2, 0.25) is 0 Å². The maximum absolute atomic E-state index is 13.2. The fourth-order valence-corrected chi connectivity index (χ4v) is 3.21. The van der Waals surface area contributed by atoms with E-state index in [2.05, 4.69) is 10.6 Å². The van der Waals surface area contributed by atoms with Crippen molar-refractivity contribution in [3.63, 3.8) is 0 Å². The van der Waals surface area contributed by atoms with Crippen LogP contribution in [0.1, 0.15) is 56.8 Å². The second-order valence-electron chi connectivity index (χ2n) is 8.70. The van der Waals surface area contributed by atoms with Crippen molar-refractivity contribution < 1.29 is 33.8 Å². The van der Waals surface area contributed by atoms with Gasteiger partial charge in [-0.1, -0.05) is 18.2 Å². The summed E-state index contributed by atoms with van der Waals surface area (Å²) in [6, 6.07) is 4.31. The smallest absolute Gasteiger partial charge is 0.408 e. The minimum absolute atomic E-state index is 0.0206. The number of benzene rings is 1. The Kier molecular flexibility index (Phi) is 11.5. The quantitative estimate of drug-likeness (QED) is 0.412. The second-order valence-corrected chi connectivity index (χ2v) is 8.70. The van der Waals surface area contributed by atoms with Crippen molar-refractivity contribution in [2.24, 2.45) is 0 Å². The highest BCUT2D eigenvalue weighted by atomic mass is 16.6. The van der Waals surface area contributed by atoms with Crippen molar-refractivity contribution >= 4 is 23.9 Å². The molecule has 190 valence electrons. The van der Waals surface area contributed by atoms with Crippen LogP contribution in [0.15, 0.2) is 18.2 Å². The monoisotopic (exact) mass is 479 g/mol. The summed E-state index contributed by atoms with van der Waals surface area (Å²) < 4.78 is 10.0. The normalized spacial score (nSPS) is 11.9. The van der Waals surface area contributed by atoms with E-state index in [-0.39, 0.29) is 26.1 Å². The number of alkyl carbamates (subject to hydrolysis) is 1. The highest BCUT2D eigenvalue weighted by Gasteiger charge is 2.32. The van der Waals surface area contributed by atoms with Crippen LogP contribution < -0.4 is 10.6 Å². The molecule has 0 saturated carbocycles. The van der Waals surface area contributed by atoms with Crippen molar-refractivity contribution in [2.45, 2.75) is 59.6 Å². The molecule has 0 fully saturated rings. The topological polar surface area (TPSA) is 134 Å². The first-order valence-electron chi connectivity index (χ1n) is 11.3. The van der Waals surface area contributed by atoms with Gasteiger partial charge in [0.2, 0.25) is 11.8 Å². The van der Waals surface area contributed by atoms with Crippen LogP contribution in [0.5, 0.6) is 0 Å². The van der Waals surface area contributed by atoms with Gasteiger partial charge in [-0.25, -0.2) is 4.79 Å². The number of aryl methyl sites for hydroxylation is 1. The maximum Gasteiger partial charge on any atom is 0.408 e. The zero-order chi connectivity index (χ0) is 25.9. The van der Waals surface area contributed by atoms with E-state index in [4.69, 9.17) is 9.47 Å². The highest BCUT2D eigenvalue weighted by molar-refractivity contribution is 5.91. The van der Waals surface area contributed by atoms with Crippen molar-refractivity contribution in [3.05, 3.63) is 34.9 Å². The minimum Gasteiger partial charge on any atom is -0.466 e. The molecule has 3 amide bonds. The summed E-state index contributed by atoms with van der Waals surface area (Å²) in [7, 11) is 0. The Bertz CT molecular complexity index is 865. The molecule has 34 heavy (non-hydrogen) atoms. The molecule has 10 nitrogen and oxygen atoms in total. The van der Waals surface area contributed by atoms with Crippen molar-refractivity contribution in [1.29, 1.82) is 0 Å². The number of aliphatic hydroxyl groups is 1. The molecule has 1 rings (SSSR count). The zero-order valence-electron chi connectivity index (χ0n) is 20.9. The Morgan fingerprint density at radius 2 is 1.79 bits per heavy atom. The van der Waals surface area contributed by atoms with Gasteiger partial charge < -0.3 is 30.1 Å². The van der Waals surface area contributed by atoms with E-state index >= 15 is 0 Å². The average Bonchev–Trinajstić information content (AvgIpc) is 2.73. The molecule has 10 heteroatoms. The number of nitrogens with one attached hydrogen (secondary N) is 2. The molecular weight excluding hydrogens is 442 g/mol. The van der Waals surface area contributed by atoms with Crippen molar-refractivity contribution in [1.82, 2.24) is 15.5 Å². The highest BCUT2D eigenvalue weighted by Crippen LogP contribution is 2.26. The number of nitrogens with zero attached hydrogens (tertiary/aromatic N) is 1. The van der Waals surface area contributed by atoms with Crippen LogP contribution in [0.25, 0.3) is 0 Å². The van der Waals surface area contributed by atoms with Gasteiger partial charge in [0.05, 0.1) is 19.6 Å². The lowest BCUT2D eigenvalue weighted by molar-refractivity contribution is -0.143. The fourth-order valence-electron chi connectivity index (χ4n) is 3.21. The zero-order valence-corrected chi connectivity index (χ0v) is 20.9. The molecule has 1 unspecified atom stereocenters. The van der Waals surface area contributed by atoms with Gasteiger partial charge in [0.1, 0.15) is 18.2 Å². The standard InChI is InChI=1S/C24H37N3O7/c1-7-33-20(30)11-12-25-22(31)21(18-10-8-9-16(2)17(18)3)27(13-14-28)19(29)15-26-23(32)34-24(4,5)6/h8-10,21,28H,7,11-15H2,1-6H3,(H,25,31)(H,26,32). The predicted molar refractivity (Wildman–Crippen MR) is 126 cm³/mol. The number of carbonyl (C=O) groups is 4. The number of aliphatic hydroxyl groups excluding tert-OH is 1. The van der Waals surface area contributed by atoms with Crippen LogP contribution in [0, 0.1) is 13.8 Å². The van der Waals surface area contributed by atoms with Crippen LogP contribution in [0.4, 0.5) is 4.79 Å². The summed E-state index contributed by atoms with van der Waals surface area (Å²) in [6.45, 7) is 9.81. The van der Waals surface area contributed by atoms with Crippen molar-refractivity contribution in [3.8, 4) is 0 Å². The van der Waals surface area contributed by atoms with Gasteiger partial charge in [-0.15, -0.1) is 0 Å². The minimum atomic E-state index is -1.08. The number of esters is 1. The van der Waals surface area contributed by atoms with Gasteiger partial charge in [-0.05, 0) is 58.2 Å². The van der Waals surface area contributed by atoms with E-state index in [0.29, 0.717) is 5.56 Å². The number of carbonyl (C=O) groups excluding carboxylic acids is 4. The van der Waals surface area contributed by atoms with E-state index in [1.807, 2.05) is 19.9 Å². The Hall–Kier alpha value is -3.14. The molecular formula is C24H37N3O7. The van der Waals surface area contributed by atoms with Crippen LogP contribution in [-0.4, -0.2) is 72.3 Å². The molecule has 0 saturated heterocycles. The Labute approximate surface area is 201 Å². The molecule has 0 aliphatic rings. The summed E-state index contributed by atoms with van der Waals surface area (Å²) in [4.78, 5) is 51.2. The SMILES string of the molecule is CCOC(=O)CCNC(=O)C(c1cccc(C)c1C)N(CCO)C(=O)CNC(=O)OC(C)(C)C. The van der Waals surface area contributed by atoms with Crippen LogP contribution in [-0.2, 0) is 23.9 Å². The average molecular weight is 480 g/mol. The molecule has 0 aliphatic heterocycles. The van der Waals surface area contributed by atoms with E-state index in [9.17, 15) is 24.3 Å². The predicted octanol–water partition coefficient (Wildman–Crippen LogP) is 1.76. The molecule has 0 aliphatic carbocycles.